The zero-order chi connectivity index (χ0) is 10.6. The molecular formula is C13H20O. The summed E-state index contributed by atoms with van der Waals surface area (Å²) in [7, 11) is 0. The van der Waals surface area contributed by atoms with Crippen molar-refractivity contribution in [1.29, 1.82) is 0 Å². The smallest absolute Gasteiger partial charge is 0.0962 e. The van der Waals surface area contributed by atoms with Crippen molar-refractivity contribution in [2.24, 2.45) is 16.7 Å². The minimum atomic E-state index is -0.666. The van der Waals surface area contributed by atoms with E-state index in [4.69, 9.17) is 0 Å². The minimum Gasteiger partial charge on any atom is -0.385 e. The van der Waals surface area contributed by atoms with E-state index in [1.54, 1.807) is 6.08 Å². The Morgan fingerprint density at radius 1 is 1.43 bits per heavy atom. The van der Waals surface area contributed by atoms with Gasteiger partial charge in [-0.2, -0.15) is 0 Å². The Kier molecular flexibility index (Phi) is 1.81. The first-order valence-electron chi connectivity index (χ1n) is 5.47. The monoisotopic (exact) mass is 192 g/mol. The van der Waals surface area contributed by atoms with E-state index in [9.17, 15) is 5.11 Å². The van der Waals surface area contributed by atoms with Crippen molar-refractivity contribution >= 4 is 0 Å². The van der Waals surface area contributed by atoms with Gasteiger partial charge in [-0.05, 0) is 36.7 Å². The highest BCUT2D eigenvalue weighted by Crippen LogP contribution is 2.69. The van der Waals surface area contributed by atoms with E-state index in [1.807, 2.05) is 0 Å². The van der Waals surface area contributed by atoms with Gasteiger partial charge in [0.2, 0.25) is 0 Å². The van der Waals surface area contributed by atoms with Gasteiger partial charge in [0.25, 0.3) is 0 Å². The maximum absolute atomic E-state index is 10.6. The van der Waals surface area contributed by atoms with Crippen LogP contribution in [-0.2, 0) is 0 Å². The molecule has 78 valence electrons. The van der Waals surface area contributed by atoms with Crippen LogP contribution in [-0.4, -0.2) is 10.7 Å². The lowest BCUT2D eigenvalue weighted by Gasteiger charge is -2.43. The predicted octanol–water partition coefficient (Wildman–Crippen LogP) is 2.90. The molecule has 0 aliphatic heterocycles. The number of rotatable bonds is 1. The van der Waals surface area contributed by atoms with Gasteiger partial charge in [-0.25, -0.2) is 0 Å². The average Bonchev–Trinajstić information content (AvgIpc) is 2.36. The largest absolute Gasteiger partial charge is 0.385 e. The molecule has 0 aromatic carbocycles. The van der Waals surface area contributed by atoms with Gasteiger partial charge in [-0.3, -0.25) is 0 Å². The topological polar surface area (TPSA) is 20.2 Å². The SMILES string of the molecule is C=C=C[C@@]1(O)C[C@H]2CC[C@@]1(C)C2(C)C. The van der Waals surface area contributed by atoms with Crippen molar-refractivity contribution < 1.29 is 5.11 Å². The molecule has 0 spiro atoms. The molecule has 1 heteroatoms. The Hall–Kier alpha value is -0.520. The summed E-state index contributed by atoms with van der Waals surface area (Å²) >= 11 is 0. The van der Waals surface area contributed by atoms with Crippen LogP contribution in [0.1, 0.15) is 40.0 Å². The van der Waals surface area contributed by atoms with Crippen LogP contribution < -0.4 is 0 Å². The average molecular weight is 192 g/mol. The zero-order valence-corrected chi connectivity index (χ0v) is 9.43. The van der Waals surface area contributed by atoms with Gasteiger partial charge < -0.3 is 5.11 Å². The summed E-state index contributed by atoms with van der Waals surface area (Å²) in [6, 6.07) is 0. The summed E-state index contributed by atoms with van der Waals surface area (Å²) in [6.45, 7) is 10.4. The molecule has 1 nitrogen and oxygen atoms in total. The second kappa shape index (κ2) is 2.53. The Morgan fingerprint density at radius 2 is 2.07 bits per heavy atom. The van der Waals surface area contributed by atoms with Crippen molar-refractivity contribution in [2.45, 2.75) is 45.6 Å². The molecule has 0 aromatic rings. The molecule has 0 saturated heterocycles. The van der Waals surface area contributed by atoms with Crippen LogP contribution >= 0.6 is 0 Å². The highest BCUT2D eigenvalue weighted by Gasteiger charge is 2.67. The fourth-order valence-corrected chi connectivity index (χ4v) is 3.72. The molecule has 2 aliphatic carbocycles. The van der Waals surface area contributed by atoms with Gasteiger partial charge in [0.1, 0.15) is 0 Å². The Balaban J connectivity index is 2.50. The molecule has 2 rings (SSSR count). The normalized spacial score (nSPS) is 49.0. The van der Waals surface area contributed by atoms with Gasteiger partial charge in [0.15, 0.2) is 0 Å². The van der Waals surface area contributed by atoms with Crippen LogP contribution in [0.2, 0.25) is 0 Å². The third-order valence-corrected chi connectivity index (χ3v) is 5.29. The van der Waals surface area contributed by atoms with Gasteiger partial charge in [0.05, 0.1) is 5.60 Å². The number of fused-ring (bicyclic) bond motifs is 2. The van der Waals surface area contributed by atoms with Crippen LogP contribution in [0.5, 0.6) is 0 Å². The van der Waals surface area contributed by atoms with Gasteiger partial charge in [-0.1, -0.05) is 27.4 Å². The van der Waals surface area contributed by atoms with Crippen molar-refractivity contribution in [3.05, 3.63) is 18.4 Å². The summed E-state index contributed by atoms with van der Waals surface area (Å²) in [5.41, 5.74) is 2.36. The lowest BCUT2D eigenvalue weighted by Crippen LogP contribution is -2.45. The number of hydrogen-bond donors (Lipinski definition) is 1. The summed E-state index contributed by atoms with van der Waals surface area (Å²) in [4.78, 5) is 0. The fraction of sp³-hybridized carbons (Fsp3) is 0.769. The maximum atomic E-state index is 10.6. The summed E-state index contributed by atoms with van der Waals surface area (Å²) in [6.07, 6.45) is 5.06. The van der Waals surface area contributed by atoms with Crippen molar-refractivity contribution in [2.75, 3.05) is 0 Å². The van der Waals surface area contributed by atoms with E-state index in [0.717, 1.165) is 12.8 Å². The van der Waals surface area contributed by atoms with Crippen LogP contribution in [0.15, 0.2) is 18.4 Å². The molecule has 0 amide bonds. The van der Waals surface area contributed by atoms with E-state index in [0.29, 0.717) is 5.92 Å². The van der Waals surface area contributed by atoms with Crippen molar-refractivity contribution in [3.8, 4) is 0 Å². The first-order chi connectivity index (χ1) is 6.37. The molecular weight excluding hydrogens is 172 g/mol. The third-order valence-electron chi connectivity index (χ3n) is 5.29. The first-order valence-corrected chi connectivity index (χ1v) is 5.47. The lowest BCUT2D eigenvalue weighted by atomic mass is 9.64. The number of aliphatic hydroxyl groups is 1. The minimum absolute atomic E-state index is 0.00928. The van der Waals surface area contributed by atoms with Crippen LogP contribution in [0, 0.1) is 16.7 Å². The van der Waals surface area contributed by atoms with E-state index in [1.165, 1.54) is 6.42 Å². The van der Waals surface area contributed by atoms with E-state index >= 15 is 0 Å². The lowest BCUT2D eigenvalue weighted by molar-refractivity contribution is -0.0508. The van der Waals surface area contributed by atoms with Crippen LogP contribution in [0.25, 0.3) is 0 Å². The van der Waals surface area contributed by atoms with E-state index in [2.05, 4.69) is 33.1 Å². The van der Waals surface area contributed by atoms with Gasteiger partial charge >= 0.3 is 0 Å². The van der Waals surface area contributed by atoms with E-state index < -0.39 is 5.60 Å². The summed E-state index contributed by atoms with van der Waals surface area (Å²) in [5, 5.41) is 10.6. The quantitative estimate of drug-likeness (QED) is 0.633. The third kappa shape index (κ3) is 0.852. The summed E-state index contributed by atoms with van der Waals surface area (Å²) < 4.78 is 0. The molecule has 14 heavy (non-hydrogen) atoms. The molecule has 0 unspecified atom stereocenters. The summed E-state index contributed by atoms with van der Waals surface area (Å²) in [5.74, 6) is 0.655. The standard InChI is InChI=1S/C13H20O/c1-5-7-13(14)9-10-6-8-12(13,4)11(10,2)3/h7,10,14H,1,6,8-9H2,2-4H3/t10-,12+,13-/m1/s1. The Morgan fingerprint density at radius 3 is 2.43 bits per heavy atom. The Labute approximate surface area is 86.5 Å². The molecule has 1 N–H and O–H groups in total. The van der Waals surface area contributed by atoms with E-state index in [-0.39, 0.29) is 10.8 Å². The second-order valence-electron chi connectivity index (χ2n) is 5.77. The molecule has 2 fully saturated rings. The second-order valence-corrected chi connectivity index (χ2v) is 5.77. The van der Waals surface area contributed by atoms with Crippen LogP contribution in [0.3, 0.4) is 0 Å². The Bertz CT molecular complexity index is 311. The maximum Gasteiger partial charge on any atom is 0.0962 e. The fourth-order valence-electron chi connectivity index (χ4n) is 3.72. The van der Waals surface area contributed by atoms with Crippen molar-refractivity contribution in [3.63, 3.8) is 0 Å². The number of hydrogen-bond acceptors (Lipinski definition) is 1. The molecule has 0 radical (unpaired) electrons. The highest BCUT2D eigenvalue weighted by molar-refractivity contribution is 5.23. The molecule has 2 bridgehead atoms. The molecule has 2 saturated carbocycles. The highest BCUT2D eigenvalue weighted by atomic mass is 16.3. The molecule has 0 heterocycles. The first kappa shape index (κ1) is 10.0. The van der Waals surface area contributed by atoms with Crippen molar-refractivity contribution in [1.82, 2.24) is 0 Å². The molecule has 3 atom stereocenters. The molecule has 0 aromatic heterocycles. The molecule has 2 aliphatic rings. The zero-order valence-electron chi connectivity index (χ0n) is 9.43. The predicted molar refractivity (Wildman–Crippen MR) is 57.9 cm³/mol. The van der Waals surface area contributed by atoms with Crippen LogP contribution in [0.4, 0.5) is 0 Å². The van der Waals surface area contributed by atoms with Gasteiger partial charge in [-0.15, -0.1) is 5.73 Å². The van der Waals surface area contributed by atoms with Gasteiger partial charge in [0, 0.05) is 5.41 Å².